The fourth-order valence-electron chi connectivity index (χ4n) is 3.62. The second-order valence-corrected chi connectivity index (χ2v) is 11.1. The highest BCUT2D eigenvalue weighted by molar-refractivity contribution is 7.91. The molecule has 3 aromatic rings. The van der Waals surface area contributed by atoms with Gasteiger partial charge in [-0.2, -0.15) is 0 Å². The summed E-state index contributed by atoms with van der Waals surface area (Å²) in [6.07, 6.45) is 0.125. The SMILES string of the molecule is CCS(=O)(=O)c1ccc(CC(=O)Nc2ccc(OC3(c4ccc(Cl)cc4Cl)COC3)cc2)cc1. The van der Waals surface area contributed by atoms with Crippen molar-refractivity contribution in [3.8, 4) is 5.75 Å². The maximum Gasteiger partial charge on any atom is 0.228 e. The van der Waals surface area contributed by atoms with Crippen LogP contribution >= 0.6 is 23.2 Å². The molecular formula is C25H23Cl2NO5S. The molecular weight excluding hydrogens is 497 g/mol. The monoisotopic (exact) mass is 519 g/mol. The highest BCUT2D eigenvalue weighted by atomic mass is 35.5. The van der Waals surface area contributed by atoms with Crippen molar-refractivity contribution in [1.82, 2.24) is 0 Å². The van der Waals surface area contributed by atoms with Gasteiger partial charge in [0.15, 0.2) is 15.4 Å². The zero-order valence-electron chi connectivity index (χ0n) is 18.4. The molecule has 1 aliphatic heterocycles. The molecule has 1 fully saturated rings. The van der Waals surface area contributed by atoms with Gasteiger partial charge in [0.25, 0.3) is 0 Å². The van der Waals surface area contributed by atoms with Crippen LogP contribution in [0.25, 0.3) is 0 Å². The molecule has 0 atom stereocenters. The Kier molecular flexibility index (Phi) is 7.19. The van der Waals surface area contributed by atoms with E-state index in [2.05, 4.69) is 5.32 Å². The molecule has 9 heteroatoms. The molecule has 0 aromatic heterocycles. The molecule has 0 unspecified atom stereocenters. The van der Waals surface area contributed by atoms with Crippen molar-refractivity contribution in [2.24, 2.45) is 0 Å². The van der Waals surface area contributed by atoms with E-state index >= 15 is 0 Å². The van der Waals surface area contributed by atoms with Gasteiger partial charge in [0.05, 0.1) is 30.3 Å². The van der Waals surface area contributed by atoms with Crippen LogP contribution in [0.4, 0.5) is 5.69 Å². The highest BCUT2D eigenvalue weighted by Crippen LogP contribution is 2.39. The average Bonchev–Trinajstić information content (AvgIpc) is 2.78. The van der Waals surface area contributed by atoms with E-state index in [4.69, 9.17) is 32.7 Å². The van der Waals surface area contributed by atoms with Crippen LogP contribution in [0, 0.1) is 0 Å². The van der Waals surface area contributed by atoms with Crippen LogP contribution < -0.4 is 10.1 Å². The first-order valence-corrected chi connectivity index (χ1v) is 13.1. The number of rotatable bonds is 8. The van der Waals surface area contributed by atoms with Crippen molar-refractivity contribution in [3.63, 3.8) is 0 Å². The topological polar surface area (TPSA) is 81.7 Å². The third kappa shape index (κ3) is 5.39. The minimum Gasteiger partial charge on any atom is -0.478 e. The van der Waals surface area contributed by atoms with Crippen LogP contribution in [0.15, 0.2) is 71.6 Å². The molecule has 178 valence electrons. The molecule has 1 saturated heterocycles. The summed E-state index contributed by atoms with van der Waals surface area (Å²) < 4.78 is 35.5. The molecule has 0 radical (unpaired) electrons. The number of amides is 1. The third-order valence-electron chi connectivity index (χ3n) is 5.57. The number of nitrogens with one attached hydrogen (secondary N) is 1. The minimum atomic E-state index is -3.26. The van der Waals surface area contributed by atoms with Gasteiger partial charge >= 0.3 is 0 Å². The van der Waals surface area contributed by atoms with Crippen LogP contribution in [-0.4, -0.2) is 33.3 Å². The van der Waals surface area contributed by atoms with Gasteiger partial charge in [-0.15, -0.1) is 0 Å². The Morgan fingerprint density at radius 1 is 1.03 bits per heavy atom. The molecule has 6 nitrogen and oxygen atoms in total. The van der Waals surface area contributed by atoms with E-state index in [0.29, 0.717) is 34.7 Å². The molecule has 1 aliphatic rings. The first kappa shape index (κ1) is 24.5. The van der Waals surface area contributed by atoms with Crippen LogP contribution in [-0.2, 0) is 31.4 Å². The van der Waals surface area contributed by atoms with Gasteiger partial charge in [0.2, 0.25) is 5.91 Å². The van der Waals surface area contributed by atoms with Crippen LogP contribution in [0.1, 0.15) is 18.1 Å². The summed E-state index contributed by atoms with van der Waals surface area (Å²) >= 11 is 12.4. The van der Waals surface area contributed by atoms with E-state index in [1.165, 1.54) is 12.1 Å². The summed E-state index contributed by atoms with van der Waals surface area (Å²) in [6.45, 7) is 2.33. The average molecular weight is 520 g/mol. The van der Waals surface area contributed by atoms with Crippen LogP contribution in [0.5, 0.6) is 5.75 Å². The van der Waals surface area contributed by atoms with Gasteiger partial charge in [-0.25, -0.2) is 8.42 Å². The molecule has 0 spiro atoms. The van der Waals surface area contributed by atoms with Crippen molar-refractivity contribution in [2.45, 2.75) is 23.8 Å². The van der Waals surface area contributed by atoms with E-state index in [1.807, 2.05) is 6.07 Å². The smallest absolute Gasteiger partial charge is 0.228 e. The summed E-state index contributed by atoms with van der Waals surface area (Å²) in [5.41, 5.74) is 1.45. The molecule has 3 aromatic carbocycles. The maximum atomic E-state index is 12.4. The zero-order valence-corrected chi connectivity index (χ0v) is 20.7. The number of carbonyl (C=O) groups is 1. The Morgan fingerprint density at radius 3 is 2.26 bits per heavy atom. The van der Waals surface area contributed by atoms with Gasteiger partial charge in [-0.1, -0.05) is 48.3 Å². The van der Waals surface area contributed by atoms with Crippen molar-refractivity contribution >= 4 is 44.6 Å². The molecule has 4 rings (SSSR count). The van der Waals surface area contributed by atoms with Crippen LogP contribution in [0.3, 0.4) is 0 Å². The van der Waals surface area contributed by atoms with Gasteiger partial charge < -0.3 is 14.8 Å². The fraction of sp³-hybridized carbons (Fsp3) is 0.240. The van der Waals surface area contributed by atoms with Crippen molar-refractivity contribution < 1.29 is 22.7 Å². The van der Waals surface area contributed by atoms with Gasteiger partial charge in [0, 0.05) is 21.3 Å². The van der Waals surface area contributed by atoms with Crippen molar-refractivity contribution in [3.05, 3.63) is 87.9 Å². The lowest BCUT2D eigenvalue weighted by Crippen LogP contribution is -2.51. The Bertz CT molecular complexity index is 1290. The summed E-state index contributed by atoms with van der Waals surface area (Å²) in [5.74, 6) is 0.435. The molecule has 1 amide bonds. The summed E-state index contributed by atoms with van der Waals surface area (Å²) in [6, 6.07) is 18.7. The normalized spacial score (nSPS) is 14.8. The maximum absolute atomic E-state index is 12.4. The van der Waals surface area contributed by atoms with Crippen LogP contribution in [0.2, 0.25) is 10.0 Å². The minimum absolute atomic E-state index is 0.0351. The molecule has 0 bridgehead atoms. The fourth-order valence-corrected chi connectivity index (χ4v) is 5.08. The van der Waals surface area contributed by atoms with Gasteiger partial charge in [-0.3, -0.25) is 4.79 Å². The molecule has 34 heavy (non-hydrogen) atoms. The molecule has 0 saturated carbocycles. The predicted molar refractivity (Wildman–Crippen MR) is 133 cm³/mol. The summed E-state index contributed by atoms with van der Waals surface area (Å²) in [4.78, 5) is 12.7. The second kappa shape index (κ2) is 9.96. The Balaban J connectivity index is 1.38. The number of hydrogen-bond acceptors (Lipinski definition) is 5. The summed E-state index contributed by atoms with van der Waals surface area (Å²) in [7, 11) is -3.26. The lowest BCUT2D eigenvalue weighted by atomic mass is 9.91. The van der Waals surface area contributed by atoms with E-state index < -0.39 is 15.4 Å². The standard InChI is InChI=1S/C25H23Cl2NO5S/c1-2-34(30,31)21-10-3-17(4-11-21)13-24(29)28-19-6-8-20(9-7-19)33-25(15-32-16-25)22-12-5-18(26)14-23(22)27/h3-12,14H,2,13,15-16H2,1H3,(H,28,29). The predicted octanol–water partition coefficient (Wildman–Crippen LogP) is 5.27. The van der Waals surface area contributed by atoms with E-state index in [1.54, 1.807) is 55.5 Å². The zero-order chi connectivity index (χ0) is 24.3. The van der Waals surface area contributed by atoms with E-state index in [9.17, 15) is 13.2 Å². The number of carbonyl (C=O) groups excluding carboxylic acids is 1. The largest absolute Gasteiger partial charge is 0.478 e. The summed E-state index contributed by atoms with van der Waals surface area (Å²) in [5, 5.41) is 3.90. The van der Waals surface area contributed by atoms with Gasteiger partial charge in [-0.05, 0) is 54.1 Å². The van der Waals surface area contributed by atoms with Crippen molar-refractivity contribution in [1.29, 1.82) is 0 Å². The first-order valence-electron chi connectivity index (χ1n) is 10.6. The number of hydrogen-bond donors (Lipinski definition) is 1. The lowest BCUT2D eigenvalue weighted by Gasteiger charge is -2.42. The Hall–Kier alpha value is -2.58. The number of anilines is 1. The third-order valence-corrected chi connectivity index (χ3v) is 7.87. The van der Waals surface area contributed by atoms with E-state index in [-0.39, 0.29) is 23.0 Å². The lowest BCUT2D eigenvalue weighted by molar-refractivity contribution is -0.167. The highest BCUT2D eigenvalue weighted by Gasteiger charge is 2.44. The Labute approximate surface area is 208 Å². The molecule has 1 N–H and O–H groups in total. The number of halogens is 2. The number of sulfone groups is 1. The number of ether oxygens (including phenoxy) is 2. The van der Waals surface area contributed by atoms with Crippen molar-refractivity contribution in [2.75, 3.05) is 24.3 Å². The molecule has 0 aliphatic carbocycles. The second-order valence-electron chi connectivity index (χ2n) is 8.01. The molecule has 1 heterocycles. The first-order chi connectivity index (χ1) is 16.2. The number of benzene rings is 3. The Morgan fingerprint density at radius 2 is 1.71 bits per heavy atom. The van der Waals surface area contributed by atoms with Gasteiger partial charge in [0.1, 0.15) is 5.75 Å². The van der Waals surface area contributed by atoms with E-state index in [0.717, 1.165) is 11.1 Å². The quantitative estimate of drug-likeness (QED) is 0.438.